The summed E-state index contributed by atoms with van der Waals surface area (Å²) in [5.41, 5.74) is 6.70. The molecule has 0 aliphatic carbocycles. The van der Waals surface area contributed by atoms with E-state index in [2.05, 4.69) is 102 Å². The summed E-state index contributed by atoms with van der Waals surface area (Å²) in [5.74, 6) is 0.174. The Morgan fingerprint density at radius 2 is 1.62 bits per heavy atom. The van der Waals surface area contributed by atoms with Gasteiger partial charge in [0.2, 0.25) is 0 Å². The van der Waals surface area contributed by atoms with Crippen LogP contribution in [-0.4, -0.2) is 22.6 Å². The number of nitriles is 1. The van der Waals surface area contributed by atoms with E-state index in [0.29, 0.717) is 0 Å². The Balaban J connectivity index is 1.94. The van der Waals surface area contributed by atoms with E-state index in [-0.39, 0.29) is 5.92 Å². The zero-order valence-corrected chi connectivity index (χ0v) is 21.3. The summed E-state index contributed by atoms with van der Waals surface area (Å²) in [6, 6.07) is 8.79. The Hall–Kier alpha value is -1.36. The number of hydrogen-bond acceptors (Lipinski definition) is 3. The molecule has 4 rings (SSSR count). The first-order valence-electron chi connectivity index (χ1n) is 9.60. The Morgan fingerprint density at radius 1 is 0.966 bits per heavy atom. The van der Waals surface area contributed by atoms with Crippen molar-refractivity contribution in [1.82, 2.24) is 9.55 Å². The van der Waals surface area contributed by atoms with Gasteiger partial charge in [-0.25, -0.2) is 4.98 Å². The van der Waals surface area contributed by atoms with Crippen molar-refractivity contribution in [1.29, 1.82) is 5.26 Å². The smallest absolute Gasteiger partial charge is 0.147 e. The molecule has 0 bridgehead atoms. The van der Waals surface area contributed by atoms with Gasteiger partial charge in [0.1, 0.15) is 5.65 Å². The zero-order valence-electron chi connectivity index (χ0n) is 16.6. The molecular formula is C22H21Br3N4. The third-order valence-electron chi connectivity index (χ3n) is 5.82. The third kappa shape index (κ3) is 3.64. The van der Waals surface area contributed by atoms with Crippen LogP contribution >= 0.6 is 47.8 Å². The summed E-state index contributed by atoms with van der Waals surface area (Å²) in [6.45, 7) is 8.21. The molecule has 0 unspecified atom stereocenters. The molecule has 1 aliphatic heterocycles. The number of piperidine rings is 1. The number of halogens is 3. The lowest BCUT2D eigenvalue weighted by Gasteiger charge is -2.32. The summed E-state index contributed by atoms with van der Waals surface area (Å²) >= 11 is 11.0. The van der Waals surface area contributed by atoms with Crippen LogP contribution in [0.2, 0.25) is 0 Å². The minimum atomic E-state index is 0.174. The maximum atomic E-state index is 9.25. The predicted molar refractivity (Wildman–Crippen MR) is 129 cm³/mol. The Bertz CT molecular complexity index is 1150. The number of benzene rings is 1. The number of pyridine rings is 1. The lowest BCUT2D eigenvalue weighted by atomic mass is 9.97. The number of anilines is 1. The Labute approximate surface area is 196 Å². The molecule has 1 saturated heterocycles. The van der Waals surface area contributed by atoms with Crippen LogP contribution in [0.5, 0.6) is 0 Å². The second-order valence-corrected chi connectivity index (χ2v) is 10.2. The SMILES string of the molecule is Cc1cc(N2CCC(C#N)CC2)c2c(C)c(C)n(-c3cc(Br)c(Br)cc3Br)c2n1. The van der Waals surface area contributed by atoms with Crippen LogP contribution in [0.1, 0.15) is 29.8 Å². The van der Waals surface area contributed by atoms with Gasteiger partial charge in [-0.3, -0.25) is 4.57 Å². The van der Waals surface area contributed by atoms with Crippen LogP contribution in [0.4, 0.5) is 5.69 Å². The highest BCUT2D eigenvalue weighted by Crippen LogP contribution is 2.39. The zero-order chi connectivity index (χ0) is 20.9. The van der Waals surface area contributed by atoms with Gasteiger partial charge in [0, 0.05) is 54.9 Å². The second kappa shape index (κ2) is 8.05. The molecule has 0 saturated carbocycles. The molecule has 7 heteroatoms. The number of nitrogens with zero attached hydrogens (tertiary/aromatic N) is 4. The molecule has 3 heterocycles. The number of aromatic nitrogens is 2. The van der Waals surface area contributed by atoms with Crippen LogP contribution in [0.25, 0.3) is 16.7 Å². The molecule has 3 aromatic rings. The van der Waals surface area contributed by atoms with E-state index in [9.17, 15) is 5.26 Å². The molecule has 150 valence electrons. The Morgan fingerprint density at radius 3 is 2.28 bits per heavy atom. The minimum absolute atomic E-state index is 0.174. The average molecular weight is 581 g/mol. The fourth-order valence-electron chi connectivity index (χ4n) is 4.15. The first kappa shape index (κ1) is 20.9. The van der Waals surface area contributed by atoms with Crippen molar-refractivity contribution in [3.05, 3.63) is 48.6 Å². The summed E-state index contributed by atoms with van der Waals surface area (Å²) in [4.78, 5) is 7.37. The van der Waals surface area contributed by atoms with Gasteiger partial charge in [-0.2, -0.15) is 5.26 Å². The Kier molecular flexibility index (Phi) is 5.80. The molecule has 1 aliphatic rings. The molecule has 1 fully saturated rings. The molecule has 0 amide bonds. The van der Waals surface area contributed by atoms with E-state index in [1.165, 1.54) is 22.3 Å². The molecule has 0 spiro atoms. The van der Waals surface area contributed by atoms with Gasteiger partial charge in [-0.1, -0.05) is 0 Å². The standard InChI is InChI=1S/C22H21Br3N4/c1-12-8-20(28-6-4-15(11-26)5-7-28)21-13(2)14(3)29(22(21)27-12)19-10-17(24)16(23)9-18(19)25/h8-10,15H,4-7H2,1-3H3. The molecule has 2 aromatic heterocycles. The maximum absolute atomic E-state index is 9.25. The van der Waals surface area contributed by atoms with Crippen molar-refractivity contribution in [3.8, 4) is 11.8 Å². The highest BCUT2D eigenvalue weighted by atomic mass is 79.9. The fraction of sp³-hybridized carbons (Fsp3) is 0.364. The highest BCUT2D eigenvalue weighted by Gasteiger charge is 2.25. The van der Waals surface area contributed by atoms with Crippen LogP contribution in [-0.2, 0) is 0 Å². The van der Waals surface area contributed by atoms with Gasteiger partial charge < -0.3 is 4.90 Å². The second-order valence-electron chi connectivity index (χ2n) is 7.64. The van der Waals surface area contributed by atoms with Crippen molar-refractivity contribution in [2.45, 2.75) is 33.6 Å². The monoisotopic (exact) mass is 578 g/mol. The van der Waals surface area contributed by atoms with Crippen molar-refractivity contribution in [2.75, 3.05) is 18.0 Å². The molecule has 4 nitrogen and oxygen atoms in total. The quantitative estimate of drug-likeness (QED) is 0.307. The minimum Gasteiger partial charge on any atom is -0.371 e. The topological polar surface area (TPSA) is 44.9 Å². The van der Waals surface area contributed by atoms with Gasteiger partial charge in [-0.05, 0) is 105 Å². The summed E-state index contributed by atoms with van der Waals surface area (Å²) in [6.07, 6.45) is 1.84. The van der Waals surface area contributed by atoms with Crippen molar-refractivity contribution >= 4 is 64.5 Å². The van der Waals surface area contributed by atoms with Gasteiger partial charge in [-0.15, -0.1) is 0 Å². The van der Waals surface area contributed by atoms with E-state index in [1.54, 1.807) is 0 Å². The molecule has 0 atom stereocenters. The molecule has 0 radical (unpaired) electrons. The summed E-state index contributed by atoms with van der Waals surface area (Å²) in [5, 5.41) is 10.5. The van der Waals surface area contributed by atoms with E-state index in [4.69, 9.17) is 4.98 Å². The number of fused-ring (bicyclic) bond motifs is 1. The lowest BCUT2D eigenvalue weighted by Crippen LogP contribution is -2.33. The fourth-order valence-corrected chi connectivity index (χ4v) is 5.65. The first-order chi connectivity index (χ1) is 13.8. The van der Waals surface area contributed by atoms with Gasteiger partial charge >= 0.3 is 0 Å². The predicted octanol–water partition coefficient (Wildman–Crippen LogP) is 6.98. The highest BCUT2D eigenvalue weighted by molar-refractivity contribution is 9.13. The van der Waals surface area contributed by atoms with Crippen LogP contribution < -0.4 is 4.90 Å². The molecular weight excluding hydrogens is 560 g/mol. The number of hydrogen-bond donors (Lipinski definition) is 0. The average Bonchev–Trinajstić information content (AvgIpc) is 2.94. The summed E-state index contributed by atoms with van der Waals surface area (Å²) < 4.78 is 5.25. The van der Waals surface area contributed by atoms with E-state index in [1.807, 2.05) is 0 Å². The van der Waals surface area contributed by atoms with Crippen LogP contribution in [0.3, 0.4) is 0 Å². The number of aryl methyl sites for hydroxylation is 2. The molecule has 0 N–H and O–H groups in total. The summed E-state index contributed by atoms with van der Waals surface area (Å²) in [7, 11) is 0. The van der Waals surface area contributed by atoms with Crippen molar-refractivity contribution in [2.24, 2.45) is 5.92 Å². The maximum Gasteiger partial charge on any atom is 0.147 e. The van der Waals surface area contributed by atoms with E-state index in [0.717, 1.165) is 56.4 Å². The largest absolute Gasteiger partial charge is 0.371 e. The molecule has 29 heavy (non-hydrogen) atoms. The van der Waals surface area contributed by atoms with Gasteiger partial charge in [0.15, 0.2) is 0 Å². The lowest BCUT2D eigenvalue weighted by molar-refractivity contribution is 0.488. The van der Waals surface area contributed by atoms with Crippen molar-refractivity contribution < 1.29 is 0 Å². The van der Waals surface area contributed by atoms with Crippen LogP contribution in [0, 0.1) is 38.0 Å². The van der Waals surface area contributed by atoms with Crippen molar-refractivity contribution in [3.63, 3.8) is 0 Å². The normalized spacial score (nSPS) is 15.1. The van der Waals surface area contributed by atoms with E-state index >= 15 is 0 Å². The molecule has 1 aromatic carbocycles. The van der Waals surface area contributed by atoms with Gasteiger partial charge in [0.25, 0.3) is 0 Å². The van der Waals surface area contributed by atoms with Crippen LogP contribution in [0.15, 0.2) is 31.6 Å². The van der Waals surface area contributed by atoms with E-state index < -0.39 is 0 Å². The van der Waals surface area contributed by atoms with Gasteiger partial charge in [0.05, 0.1) is 11.8 Å². The third-order valence-corrected chi connectivity index (χ3v) is 8.30. The first-order valence-corrected chi connectivity index (χ1v) is 12.0. The number of rotatable bonds is 2.